The van der Waals surface area contributed by atoms with Gasteiger partial charge < -0.3 is 19.3 Å². The number of nitrogens with zero attached hydrogens (tertiary/aromatic N) is 2. The first-order valence-corrected chi connectivity index (χ1v) is 8.31. The molecule has 0 aromatic rings. The van der Waals surface area contributed by atoms with Crippen LogP contribution in [0.2, 0.25) is 0 Å². The van der Waals surface area contributed by atoms with Crippen molar-refractivity contribution in [3.05, 3.63) is 0 Å². The fourth-order valence-electron chi connectivity index (χ4n) is 4.11. The van der Waals surface area contributed by atoms with Gasteiger partial charge in [0.1, 0.15) is 6.61 Å². The van der Waals surface area contributed by atoms with Crippen molar-refractivity contribution in [2.45, 2.75) is 44.8 Å². The quantitative estimate of drug-likeness (QED) is 0.748. The van der Waals surface area contributed by atoms with Crippen molar-refractivity contribution in [3.8, 4) is 0 Å². The van der Waals surface area contributed by atoms with Crippen molar-refractivity contribution >= 4 is 11.8 Å². The third-order valence-electron chi connectivity index (χ3n) is 5.67. The van der Waals surface area contributed by atoms with Crippen molar-refractivity contribution in [1.82, 2.24) is 9.80 Å². The Morgan fingerprint density at radius 3 is 2.86 bits per heavy atom. The highest BCUT2D eigenvalue weighted by atomic mass is 16.5. The number of rotatable bonds is 5. The zero-order valence-corrected chi connectivity index (χ0v) is 13.5. The lowest BCUT2D eigenvalue weighted by atomic mass is 9.50. The van der Waals surface area contributed by atoms with Crippen LogP contribution >= 0.6 is 0 Å². The molecule has 3 aliphatic rings. The number of hydrogen-bond acceptors (Lipinski definition) is 4. The predicted molar refractivity (Wildman–Crippen MR) is 80.3 cm³/mol. The predicted octanol–water partition coefficient (Wildman–Crippen LogP) is 0.651. The first-order chi connectivity index (χ1) is 10.6. The van der Waals surface area contributed by atoms with E-state index in [0.29, 0.717) is 19.3 Å². The highest BCUT2D eigenvalue weighted by Gasteiger charge is 2.60. The van der Waals surface area contributed by atoms with Crippen LogP contribution in [0.4, 0.5) is 0 Å². The average molecular weight is 310 g/mol. The Kier molecular flexibility index (Phi) is 4.41. The van der Waals surface area contributed by atoms with Crippen LogP contribution in [0.5, 0.6) is 0 Å². The molecule has 0 bridgehead atoms. The maximum Gasteiger partial charge on any atom is 0.249 e. The molecule has 3 rings (SSSR count). The zero-order chi connectivity index (χ0) is 15.7. The molecule has 1 aliphatic heterocycles. The normalized spacial score (nSPS) is 29.9. The molecule has 6 heteroatoms. The molecule has 2 atom stereocenters. The Morgan fingerprint density at radius 1 is 1.50 bits per heavy atom. The van der Waals surface area contributed by atoms with Gasteiger partial charge in [0.15, 0.2) is 0 Å². The van der Waals surface area contributed by atoms with Crippen LogP contribution in [0.25, 0.3) is 0 Å². The second-order valence-electron chi connectivity index (χ2n) is 6.65. The summed E-state index contributed by atoms with van der Waals surface area (Å²) >= 11 is 0. The third kappa shape index (κ3) is 2.52. The van der Waals surface area contributed by atoms with E-state index in [0.717, 1.165) is 25.9 Å². The third-order valence-corrected chi connectivity index (χ3v) is 5.67. The van der Waals surface area contributed by atoms with Gasteiger partial charge in [-0.2, -0.15) is 0 Å². The van der Waals surface area contributed by atoms with Crippen LogP contribution in [0.15, 0.2) is 0 Å². The van der Waals surface area contributed by atoms with E-state index >= 15 is 0 Å². The molecule has 3 fully saturated rings. The molecule has 0 aromatic heterocycles. The Bertz CT molecular complexity index is 449. The lowest BCUT2D eigenvalue weighted by molar-refractivity contribution is -0.203. The Labute approximate surface area is 131 Å². The summed E-state index contributed by atoms with van der Waals surface area (Å²) < 4.78 is 10.9. The number of likely N-dealkylation sites (N-methyl/N-ethyl adjacent to an activating group) is 1. The number of carbonyl (C=O) groups excluding carboxylic acids is 2. The number of morpholine rings is 1. The summed E-state index contributed by atoms with van der Waals surface area (Å²) in [6.07, 6.45) is 4.75. The van der Waals surface area contributed by atoms with E-state index in [1.165, 1.54) is 6.42 Å². The highest BCUT2D eigenvalue weighted by molar-refractivity contribution is 5.85. The molecule has 1 heterocycles. The van der Waals surface area contributed by atoms with Crippen LogP contribution in [0.3, 0.4) is 0 Å². The molecule has 0 radical (unpaired) electrons. The fourth-order valence-corrected chi connectivity index (χ4v) is 4.11. The van der Waals surface area contributed by atoms with E-state index in [9.17, 15) is 9.59 Å². The van der Waals surface area contributed by atoms with E-state index in [1.807, 2.05) is 18.9 Å². The fraction of sp³-hybridized carbons (Fsp3) is 0.875. The minimum atomic E-state index is -0.0906. The van der Waals surface area contributed by atoms with Gasteiger partial charge in [0, 0.05) is 31.7 Å². The Morgan fingerprint density at radius 2 is 2.27 bits per heavy atom. The Balaban J connectivity index is 1.58. The molecule has 2 saturated carbocycles. The lowest BCUT2D eigenvalue weighted by Gasteiger charge is -2.63. The van der Waals surface area contributed by atoms with E-state index < -0.39 is 0 Å². The largest absolute Gasteiger partial charge is 0.378 e. The summed E-state index contributed by atoms with van der Waals surface area (Å²) in [7, 11) is 1.88. The van der Waals surface area contributed by atoms with Crippen molar-refractivity contribution in [3.63, 3.8) is 0 Å². The monoisotopic (exact) mass is 310 g/mol. The number of carbonyl (C=O) groups is 2. The van der Waals surface area contributed by atoms with Gasteiger partial charge in [0.25, 0.3) is 0 Å². The second-order valence-corrected chi connectivity index (χ2v) is 6.65. The standard InChI is InChI=1S/C16H26N2O4/c1-3-22-13-9-12(16(13)5-4-6-16)17(2)14(19)10-18-7-8-21-11-15(18)20/h12-13H,3-11H2,1-2H3. The summed E-state index contributed by atoms with van der Waals surface area (Å²) in [6.45, 7) is 4.05. The van der Waals surface area contributed by atoms with Crippen molar-refractivity contribution in [2.24, 2.45) is 5.41 Å². The first kappa shape index (κ1) is 15.7. The van der Waals surface area contributed by atoms with Crippen LogP contribution in [-0.2, 0) is 19.1 Å². The van der Waals surface area contributed by atoms with Crippen LogP contribution < -0.4 is 0 Å². The maximum absolute atomic E-state index is 12.5. The number of amides is 2. The van der Waals surface area contributed by atoms with Gasteiger partial charge in [-0.05, 0) is 26.2 Å². The summed E-state index contributed by atoms with van der Waals surface area (Å²) in [6, 6.07) is 0.265. The second kappa shape index (κ2) is 6.16. The summed E-state index contributed by atoms with van der Waals surface area (Å²) in [5.41, 5.74) is 0.176. The topological polar surface area (TPSA) is 59.1 Å². The molecule has 1 spiro atoms. The molecular weight excluding hydrogens is 284 g/mol. The molecule has 2 aliphatic carbocycles. The SMILES string of the molecule is CCOC1CC(N(C)C(=O)CN2CCOCC2=O)C12CCC2. The summed E-state index contributed by atoms with van der Waals surface area (Å²) in [4.78, 5) is 27.7. The Hall–Kier alpha value is -1.14. The average Bonchev–Trinajstić information content (AvgIpc) is 2.43. The van der Waals surface area contributed by atoms with Gasteiger partial charge in [0.2, 0.25) is 11.8 Å². The van der Waals surface area contributed by atoms with Gasteiger partial charge in [-0.15, -0.1) is 0 Å². The lowest BCUT2D eigenvalue weighted by Crippen LogP contribution is -2.68. The van der Waals surface area contributed by atoms with Gasteiger partial charge in [0.05, 0.1) is 19.3 Å². The molecule has 0 aromatic carbocycles. The summed E-state index contributed by atoms with van der Waals surface area (Å²) in [5.74, 6) is -0.0615. The first-order valence-electron chi connectivity index (χ1n) is 8.31. The van der Waals surface area contributed by atoms with Gasteiger partial charge in [-0.3, -0.25) is 9.59 Å². The van der Waals surface area contributed by atoms with E-state index in [2.05, 4.69) is 0 Å². The van der Waals surface area contributed by atoms with Crippen LogP contribution in [-0.4, -0.2) is 73.7 Å². The number of ether oxygens (including phenoxy) is 2. The smallest absolute Gasteiger partial charge is 0.249 e. The van der Waals surface area contributed by atoms with Gasteiger partial charge in [-0.25, -0.2) is 0 Å². The molecule has 0 N–H and O–H groups in total. The minimum absolute atomic E-state index is 0.0291. The van der Waals surface area contributed by atoms with Gasteiger partial charge in [-0.1, -0.05) is 6.42 Å². The molecule has 1 saturated heterocycles. The zero-order valence-electron chi connectivity index (χ0n) is 13.5. The molecular formula is C16H26N2O4. The number of hydrogen-bond donors (Lipinski definition) is 0. The highest BCUT2D eigenvalue weighted by Crippen LogP contribution is 2.58. The van der Waals surface area contributed by atoms with Crippen LogP contribution in [0.1, 0.15) is 32.6 Å². The maximum atomic E-state index is 12.5. The minimum Gasteiger partial charge on any atom is -0.378 e. The van der Waals surface area contributed by atoms with Crippen molar-refractivity contribution < 1.29 is 19.1 Å². The van der Waals surface area contributed by atoms with E-state index in [-0.39, 0.29) is 36.4 Å². The molecule has 124 valence electrons. The molecule has 6 nitrogen and oxygen atoms in total. The van der Waals surface area contributed by atoms with Crippen molar-refractivity contribution in [1.29, 1.82) is 0 Å². The van der Waals surface area contributed by atoms with Crippen molar-refractivity contribution in [2.75, 3.05) is 40.0 Å². The van der Waals surface area contributed by atoms with E-state index in [4.69, 9.17) is 9.47 Å². The van der Waals surface area contributed by atoms with Crippen LogP contribution in [0, 0.1) is 5.41 Å². The van der Waals surface area contributed by atoms with E-state index in [1.54, 1.807) is 4.90 Å². The molecule has 2 amide bonds. The molecule has 2 unspecified atom stereocenters. The molecule has 22 heavy (non-hydrogen) atoms. The van der Waals surface area contributed by atoms with Gasteiger partial charge >= 0.3 is 0 Å². The summed E-state index contributed by atoms with van der Waals surface area (Å²) in [5, 5.41) is 0.